The molecule has 0 aromatic carbocycles. The molecule has 2 heterocycles. The Morgan fingerprint density at radius 2 is 2.44 bits per heavy atom. The van der Waals surface area contributed by atoms with Crippen LogP contribution in [0.4, 0.5) is 5.69 Å². The summed E-state index contributed by atoms with van der Waals surface area (Å²) in [5.74, 6) is 0.301. The fourth-order valence-corrected chi connectivity index (χ4v) is 2.01. The van der Waals surface area contributed by atoms with Gasteiger partial charge in [-0.2, -0.15) is 0 Å². The third-order valence-electron chi connectivity index (χ3n) is 3.01. The highest BCUT2D eigenvalue weighted by Gasteiger charge is 2.27. The van der Waals surface area contributed by atoms with Gasteiger partial charge in [0.1, 0.15) is 6.04 Å². The average molecular weight is 247 g/mol. The maximum Gasteiger partial charge on any atom is 0.235 e. The highest BCUT2D eigenvalue weighted by atomic mass is 16.5. The van der Waals surface area contributed by atoms with E-state index in [9.17, 15) is 4.79 Å². The van der Waals surface area contributed by atoms with Crippen molar-refractivity contribution in [3.8, 4) is 5.88 Å². The van der Waals surface area contributed by atoms with E-state index in [1.54, 1.807) is 26.4 Å². The van der Waals surface area contributed by atoms with Gasteiger partial charge in [-0.1, -0.05) is 5.11 Å². The summed E-state index contributed by atoms with van der Waals surface area (Å²) >= 11 is 0. The summed E-state index contributed by atoms with van der Waals surface area (Å²) < 4.78 is 5.06. The first-order valence-electron chi connectivity index (χ1n) is 5.52. The lowest BCUT2D eigenvalue weighted by atomic mass is 10.1. The second-order valence-electron chi connectivity index (χ2n) is 4.01. The van der Waals surface area contributed by atoms with Crippen molar-refractivity contribution in [2.24, 2.45) is 5.11 Å². The van der Waals surface area contributed by atoms with Gasteiger partial charge in [0.25, 0.3) is 0 Å². The SMILES string of the molecule is COc1cc2c(cn1)N(C)C(=O)C(N=[N+]=[N-])CC2. The quantitative estimate of drug-likeness (QED) is 0.452. The van der Waals surface area contributed by atoms with Gasteiger partial charge in [-0.15, -0.1) is 0 Å². The van der Waals surface area contributed by atoms with Crippen LogP contribution in [0.25, 0.3) is 10.4 Å². The molecule has 7 heteroatoms. The minimum Gasteiger partial charge on any atom is -0.481 e. The third-order valence-corrected chi connectivity index (χ3v) is 3.01. The van der Waals surface area contributed by atoms with E-state index in [0.717, 1.165) is 11.3 Å². The maximum absolute atomic E-state index is 12.1. The van der Waals surface area contributed by atoms with Gasteiger partial charge in [0.2, 0.25) is 11.8 Å². The van der Waals surface area contributed by atoms with Crippen LogP contribution < -0.4 is 9.64 Å². The average Bonchev–Trinajstić information content (AvgIpc) is 2.51. The van der Waals surface area contributed by atoms with Crippen LogP contribution in [-0.4, -0.2) is 31.1 Å². The van der Waals surface area contributed by atoms with Gasteiger partial charge in [-0.25, -0.2) is 4.98 Å². The van der Waals surface area contributed by atoms with E-state index in [1.165, 1.54) is 4.90 Å². The number of rotatable bonds is 2. The molecule has 1 atom stereocenters. The second kappa shape index (κ2) is 4.93. The predicted molar refractivity (Wildman–Crippen MR) is 65.5 cm³/mol. The summed E-state index contributed by atoms with van der Waals surface area (Å²) in [5.41, 5.74) is 10.2. The van der Waals surface area contributed by atoms with Crippen LogP contribution in [0.5, 0.6) is 5.88 Å². The number of hydrogen-bond donors (Lipinski definition) is 0. The van der Waals surface area contributed by atoms with Crippen molar-refractivity contribution in [1.29, 1.82) is 0 Å². The number of aromatic nitrogens is 1. The first-order chi connectivity index (χ1) is 8.67. The van der Waals surface area contributed by atoms with Crippen molar-refractivity contribution >= 4 is 11.6 Å². The van der Waals surface area contributed by atoms with Crippen molar-refractivity contribution in [3.63, 3.8) is 0 Å². The molecule has 1 aliphatic rings. The Bertz CT molecular complexity index is 524. The summed E-state index contributed by atoms with van der Waals surface area (Å²) in [7, 11) is 3.20. The van der Waals surface area contributed by atoms with Crippen molar-refractivity contribution in [1.82, 2.24) is 4.98 Å². The number of ether oxygens (including phenoxy) is 1. The molecule has 94 valence electrons. The van der Waals surface area contributed by atoms with Crippen LogP contribution in [0.1, 0.15) is 12.0 Å². The smallest absolute Gasteiger partial charge is 0.235 e. The summed E-state index contributed by atoms with van der Waals surface area (Å²) in [4.78, 5) is 20.3. The Morgan fingerprint density at radius 1 is 1.67 bits per heavy atom. The molecule has 0 bridgehead atoms. The molecule has 0 N–H and O–H groups in total. The van der Waals surface area contributed by atoms with E-state index in [-0.39, 0.29) is 5.91 Å². The van der Waals surface area contributed by atoms with Gasteiger partial charge in [0.05, 0.1) is 19.0 Å². The fourth-order valence-electron chi connectivity index (χ4n) is 2.01. The second-order valence-corrected chi connectivity index (χ2v) is 4.01. The summed E-state index contributed by atoms with van der Waals surface area (Å²) in [6.07, 6.45) is 2.74. The van der Waals surface area contributed by atoms with Crippen molar-refractivity contribution in [3.05, 3.63) is 28.3 Å². The lowest BCUT2D eigenvalue weighted by Gasteiger charge is -2.18. The molecule has 0 radical (unpaired) electrons. The number of nitrogens with zero attached hydrogens (tertiary/aromatic N) is 5. The van der Waals surface area contributed by atoms with Crippen LogP contribution >= 0.6 is 0 Å². The number of methoxy groups -OCH3 is 1. The predicted octanol–water partition coefficient (Wildman–Crippen LogP) is 1.68. The minimum absolute atomic E-state index is 0.210. The van der Waals surface area contributed by atoms with Crippen LogP contribution in [0.2, 0.25) is 0 Å². The Kier molecular flexibility index (Phi) is 3.34. The monoisotopic (exact) mass is 247 g/mol. The zero-order valence-corrected chi connectivity index (χ0v) is 10.2. The highest BCUT2D eigenvalue weighted by molar-refractivity contribution is 5.98. The van der Waals surface area contributed by atoms with E-state index in [4.69, 9.17) is 10.3 Å². The normalized spacial score (nSPS) is 18.7. The molecule has 1 unspecified atom stereocenters. The number of aryl methyl sites for hydroxylation is 1. The molecule has 0 spiro atoms. The van der Waals surface area contributed by atoms with E-state index >= 15 is 0 Å². The van der Waals surface area contributed by atoms with Crippen LogP contribution in [-0.2, 0) is 11.2 Å². The summed E-state index contributed by atoms with van der Waals surface area (Å²) in [6, 6.07) is 1.15. The molecule has 0 saturated carbocycles. The number of fused-ring (bicyclic) bond motifs is 1. The Hall–Kier alpha value is -2.27. The number of amides is 1. The Balaban J connectivity index is 2.41. The van der Waals surface area contributed by atoms with Crippen LogP contribution in [0.15, 0.2) is 17.4 Å². The lowest BCUT2D eigenvalue weighted by Crippen LogP contribution is -2.34. The standard InChI is InChI=1S/C11H13N5O2/c1-16-9-6-13-10(18-2)5-7(9)3-4-8(11(16)17)14-15-12/h5-6,8H,3-4H2,1-2H3. The van der Waals surface area contributed by atoms with Gasteiger partial charge in [0.15, 0.2) is 0 Å². The summed E-state index contributed by atoms with van der Waals surface area (Å²) in [5, 5.41) is 3.54. The molecule has 7 nitrogen and oxygen atoms in total. The largest absolute Gasteiger partial charge is 0.481 e. The van der Waals surface area contributed by atoms with Gasteiger partial charge in [0, 0.05) is 18.0 Å². The maximum atomic E-state index is 12.1. The zero-order chi connectivity index (χ0) is 13.1. The molecule has 1 amide bonds. The number of azide groups is 1. The number of hydrogen-bond acceptors (Lipinski definition) is 4. The molecule has 2 rings (SSSR count). The number of pyridine rings is 1. The van der Waals surface area contributed by atoms with E-state index in [0.29, 0.717) is 18.7 Å². The summed E-state index contributed by atoms with van der Waals surface area (Å²) in [6.45, 7) is 0. The molecular weight excluding hydrogens is 234 g/mol. The Labute approximate surface area is 104 Å². The topological polar surface area (TPSA) is 91.2 Å². The zero-order valence-electron chi connectivity index (χ0n) is 10.2. The van der Waals surface area contributed by atoms with Gasteiger partial charge in [-0.3, -0.25) is 4.79 Å². The van der Waals surface area contributed by atoms with Crippen LogP contribution in [0, 0.1) is 0 Å². The minimum atomic E-state index is -0.654. The van der Waals surface area contributed by atoms with Gasteiger partial charge in [-0.05, 0) is 23.9 Å². The highest BCUT2D eigenvalue weighted by Crippen LogP contribution is 2.28. The van der Waals surface area contributed by atoms with E-state index < -0.39 is 6.04 Å². The van der Waals surface area contributed by atoms with Gasteiger partial charge < -0.3 is 9.64 Å². The van der Waals surface area contributed by atoms with E-state index in [2.05, 4.69) is 15.0 Å². The van der Waals surface area contributed by atoms with Crippen molar-refractivity contribution in [2.45, 2.75) is 18.9 Å². The van der Waals surface area contributed by atoms with Gasteiger partial charge >= 0.3 is 0 Å². The van der Waals surface area contributed by atoms with Crippen molar-refractivity contribution in [2.75, 3.05) is 19.1 Å². The number of anilines is 1. The fraction of sp³-hybridized carbons (Fsp3) is 0.455. The molecular formula is C11H13N5O2. The molecule has 0 fully saturated rings. The first-order valence-corrected chi connectivity index (χ1v) is 5.52. The Morgan fingerprint density at radius 3 is 3.11 bits per heavy atom. The van der Waals surface area contributed by atoms with Crippen LogP contribution in [0.3, 0.4) is 0 Å². The number of carbonyl (C=O) groups excluding carboxylic acids is 1. The van der Waals surface area contributed by atoms with E-state index in [1.807, 2.05) is 0 Å². The van der Waals surface area contributed by atoms with Crippen molar-refractivity contribution < 1.29 is 9.53 Å². The lowest BCUT2D eigenvalue weighted by molar-refractivity contribution is -0.119. The molecule has 0 saturated heterocycles. The first kappa shape index (κ1) is 12.2. The molecule has 18 heavy (non-hydrogen) atoms. The number of likely N-dealkylation sites (N-methyl/N-ethyl adjacent to an activating group) is 1. The molecule has 1 aromatic rings. The third kappa shape index (κ3) is 2.08. The molecule has 0 aliphatic carbocycles. The molecule has 1 aromatic heterocycles. The number of carbonyl (C=O) groups is 1. The molecule has 1 aliphatic heterocycles.